The SMILES string of the molecule is CCC(C=O)Oc1ccc2ccc(=O)[nH]c2n1. The second-order valence-corrected chi connectivity index (χ2v) is 3.61. The van der Waals surface area contributed by atoms with Crippen LogP contribution in [0.15, 0.2) is 29.1 Å². The number of rotatable bonds is 4. The van der Waals surface area contributed by atoms with E-state index in [-0.39, 0.29) is 5.56 Å². The summed E-state index contributed by atoms with van der Waals surface area (Å²) in [5.74, 6) is 0.332. The van der Waals surface area contributed by atoms with Gasteiger partial charge in [-0.3, -0.25) is 9.59 Å². The second kappa shape index (κ2) is 4.78. The standard InChI is InChI=1S/C12H12N2O3/c1-2-9(7-15)17-11-6-4-8-3-5-10(16)13-12(8)14-11/h3-7,9H,2H2,1H3,(H,13,14,16). The number of hydrogen-bond donors (Lipinski definition) is 1. The zero-order valence-electron chi connectivity index (χ0n) is 9.34. The van der Waals surface area contributed by atoms with Crippen molar-refractivity contribution >= 4 is 17.3 Å². The van der Waals surface area contributed by atoms with Gasteiger partial charge in [0.2, 0.25) is 11.4 Å². The van der Waals surface area contributed by atoms with Crippen LogP contribution in [-0.4, -0.2) is 22.4 Å². The molecule has 1 atom stereocenters. The summed E-state index contributed by atoms with van der Waals surface area (Å²) in [6.45, 7) is 1.85. The van der Waals surface area contributed by atoms with Gasteiger partial charge in [0.05, 0.1) is 0 Å². The molecule has 0 amide bonds. The maximum atomic E-state index is 11.1. The zero-order valence-corrected chi connectivity index (χ0v) is 9.34. The van der Waals surface area contributed by atoms with E-state index in [1.165, 1.54) is 6.07 Å². The van der Waals surface area contributed by atoms with Gasteiger partial charge >= 0.3 is 0 Å². The first kappa shape index (κ1) is 11.3. The molecule has 5 heteroatoms. The van der Waals surface area contributed by atoms with Gasteiger partial charge in [0.25, 0.3) is 0 Å². The Morgan fingerprint density at radius 3 is 2.88 bits per heavy atom. The van der Waals surface area contributed by atoms with Crippen LogP contribution in [0, 0.1) is 0 Å². The number of fused-ring (bicyclic) bond motifs is 1. The molecule has 0 aromatic carbocycles. The Kier molecular flexibility index (Phi) is 3.18. The number of H-pyrrole nitrogens is 1. The first-order valence-corrected chi connectivity index (χ1v) is 5.35. The first-order valence-electron chi connectivity index (χ1n) is 5.35. The Labute approximate surface area is 97.4 Å². The van der Waals surface area contributed by atoms with Gasteiger partial charge in [-0.05, 0) is 18.6 Å². The molecule has 0 fully saturated rings. The minimum atomic E-state index is -0.504. The maximum Gasteiger partial charge on any atom is 0.249 e. The molecule has 0 aliphatic rings. The van der Waals surface area contributed by atoms with Crippen LogP contribution in [0.4, 0.5) is 0 Å². The van der Waals surface area contributed by atoms with Crippen LogP contribution in [0.1, 0.15) is 13.3 Å². The molecule has 2 aromatic heterocycles. The minimum absolute atomic E-state index is 0.218. The van der Waals surface area contributed by atoms with Crippen molar-refractivity contribution in [1.82, 2.24) is 9.97 Å². The van der Waals surface area contributed by atoms with Crippen molar-refractivity contribution in [3.05, 3.63) is 34.6 Å². The van der Waals surface area contributed by atoms with Gasteiger partial charge in [0.1, 0.15) is 5.65 Å². The van der Waals surface area contributed by atoms with E-state index < -0.39 is 6.10 Å². The highest BCUT2D eigenvalue weighted by Gasteiger charge is 2.07. The summed E-state index contributed by atoms with van der Waals surface area (Å²) in [6.07, 6.45) is 0.809. The van der Waals surface area contributed by atoms with Crippen molar-refractivity contribution < 1.29 is 9.53 Å². The molecule has 17 heavy (non-hydrogen) atoms. The molecule has 2 heterocycles. The summed E-state index contributed by atoms with van der Waals surface area (Å²) in [6, 6.07) is 6.57. The third-order valence-electron chi connectivity index (χ3n) is 2.38. The molecule has 1 N–H and O–H groups in total. The predicted octanol–water partition coefficient (Wildman–Crippen LogP) is 1.28. The first-order chi connectivity index (χ1) is 8.22. The lowest BCUT2D eigenvalue weighted by Gasteiger charge is -2.10. The van der Waals surface area contributed by atoms with Crippen LogP contribution in [0.2, 0.25) is 0 Å². The van der Waals surface area contributed by atoms with E-state index in [2.05, 4.69) is 9.97 Å². The molecule has 5 nitrogen and oxygen atoms in total. The number of hydrogen-bond acceptors (Lipinski definition) is 4. The van der Waals surface area contributed by atoms with Gasteiger partial charge in [0.15, 0.2) is 12.4 Å². The Balaban J connectivity index is 2.36. The summed E-state index contributed by atoms with van der Waals surface area (Å²) in [4.78, 5) is 28.5. The summed E-state index contributed by atoms with van der Waals surface area (Å²) >= 11 is 0. The van der Waals surface area contributed by atoms with Crippen LogP contribution in [-0.2, 0) is 4.79 Å². The molecule has 0 aliphatic heterocycles. The van der Waals surface area contributed by atoms with E-state index in [0.717, 1.165) is 11.7 Å². The molecular weight excluding hydrogens is 220 g/mol. The summed E-state index contributed by atoms with van der Waals surface area (Å²) < 4.78 is 5.36. The highest BCUT2D eigenvalue weighted by Crippen LogP contribution is 2.14. The lowest BCUT2D eigenvalue weighted by Crippen LogP contribution is -2.17. The summed E-state index contributed by atoms with van der Waals surface area (Å²) in [5.41, 5.74) is 0.236. The second-order valence-electron chi connectivity index (χ2n) is 3.61. The molecule has 0 spiro atoms. The molecule has 0 saturated heterocycles. The van der Waals surface area contributed by atoms with E-state index in [1.807, 2.05) is 6.92 Å². The Hall–Kier alpha value is -2.17. The van der Waals surface area contributed by atoms with Crippen molar-refractivity contribution in [1.29, 1.82) is 0 Å². The third kappa shape index (κ3) is 2.50. The lowest BCUT2D eigenvalue weighted by atomic mass is 10.3. The van der Waals surface area contributed by atoms with Crippen LogP contribution < -0.4 is 10.3 Å². The maximum absolute atomic E-state index is 11.1. The topological polar surface area (TPSA) is 72.1 Å². The number of ether oxygens (including phenoxy) is 1. The van der Waals surface area contributed by atoms with Gasteiger partial charge in [-0.2, -0.15) is 4.98 Å². The zero-order chi connectivity index (χ0) is 12.3. The number of carbonyl (C=O) groups excluding carboxylic acids is 1. The van der Waals surface area contributed by atoms with Crippen LogP contribution >= 0.6 is 0 Å². The minimum Gasteiger partial charge on any atom is -0.467 e. The Bertz CT molecular complexity index is 592. The predicted molar refractivity (Wildman–Crippen MR) is 63.1 cm³/mol. The number of aromatic nitrogens is 2. The fourth-order valence-corrected chi connectivity index (χ4v) is 1.44. The third-order valence-corrected chi connectivity index (χ3v) is 2.38. The quantitative estimate of drug-likeness (QED) is 0.806. The number of carbonyl (C=O) groups is 1. The van der Waals surface area contributed by atoms with Crippen molar-refractivity contribution in [3.8, 4) is 5.88 Å². The van der Waals surface area contributed by atoms with E-state index in [4.69, 9.17) is 4.74 Å². The van der Waals surface area contributed by atoms with Gasteiger partial charge < -0.3 is 9.72 Å². The van der Waals surface area contributed by atoms with Crippen molar-refractivity contribution in [3.63, 3.8) is 0 Å². The highest BCUT2D eigenvalue weighted by molar-refractivity contribution is 5.74. The lowest BCUT2D eigenvalue weighted by molar-refractivity contribution is -0.113. The van der Waals surface area contributed by atoms with E-state index in [9.17, 15) is 9.59 Å². The molecule has 1 unspecified atom stereocenters. The van der Waals surface area contributed by atoms with Crippen LogP contribution in [0.25, 0.3) is 11.0 Å². The molecule has 2 aromatic rings. The molecule has 0 bridgehead atoms. The smallest absolute Gasteiger partial charge is 0.249 e. The van der Waals surface area contributed by atoms with Gasteiger partial charge in [-0.25, -0.2) is 0 Å². The molecule has 0 aliphatic carbocycles. The average Bonchev–Trinajstić information content (AvgIpc) is 2.35. The largest absolute Gasteiger partial charge is 0.467 e. The fourth-order valence-electron chi connectivity index (χ4n) is 1.44. The Morgan fingerprint density at radius 2 is 2.18 bits per heavy atom. The van der Waals surface area contributed by atoms with Gasteiger partial charge in [-0.1, -0.05) is 6.92 Å². The van der Waals surface area contributed by atoms with Crippen molar-refractivity contribution in [2.24, 2.45) is 0 Å². The van der Waals surface area contributed by atoms with Crippen molar-refractivity contribution in [2.75, 3.05) is 0 Å². The normalized spacial score (nSPS) is 12.3. The fraction of sp³-hybridized carbons (Fsp3) is 0.250. The number of aromatic amines is 1. The average molecular weight is 232 g/mol. The van der Waals surface area contributed by atoms with E-state index in [1.54, 1.807) is 18.2 Å². The summed E-state index contributed by atoms with van der Waals surface area (Å²) in [7, 11) is 0. The molecule has 2 rings (SSSR count). The molecule has 88 valence electrons. The number of nitrogens with zero attached hydrogens (tertiary/aromatic N) is 1. The molecule has 0 saturated carbocycles. The summed E-state index contributed by atoms with van der Waals surface area (Å²) in [5, 5.41) is 0.816. The van der Waals surface area contributed by atoms with E-state index >= 15 is 0 Å². The molecule has 0 radical (unpaired) electrons. The Morgan fingerprint density at radius 1 is 1.41 bits per heavy atom. The number of pyridine rings is 2. The van der Waals surface area contributed by atoms with Gasteiger partial charge in [0, 0.05) is 17.5 Å². The monoisotopic (exact) mass is 232 g/mol. The van der Waals surface area contributed by atoms with Gasteiger partial charge in [-0.15, -0.1) is 0 Å². The molecular formula is C12H12N2O3. The number of aldehydes is 1. The number of nitrogens with one attached hydrogen (secondary N) is 1. The van der Waals surface area contributed by atoms with E-state index in [0.29, 0.717) is 17.9 Å². The van der Waals surface area contributed by atoms with Crippen LogP contribution in [0.3, 0.4) is 0 Å². The van der Waals surface area contributed by atoms with Crippen LogP contribution in [0.5, 0.6) is 5.88 Å². The highest BCUT2D eigenvalue weighted by atomic mass is 16.5. The van der Waals surface area contributed by atoms with Crippen molar-refractivity contribution in [2.45, 2.75) is 19.4 Å².